The Bertz CT molecular complexity index is 916. The summed E-state index contributed by atoms with van der Waals surface area (Å²) in [6, 6.07) is 22.3. The van der Waals surface area contributed by atoms with Gasteiger partial charge in [-0.2, -0.15) is 0 Å². The van der Waals surface area contributed by atoms with Crippen molar-refractivity contribution in [2.45, 2.75) is 6.10 Å². The van der Waals surface area contributed by atoms with Gasteiger partial charge in [0, 0.05) is 43.1 Å². The zero-order chi connectivity index (χ0) is 19.9. The minimum absolute atomic E-state index is 0.0831. The van der Waals surface area contributed by atoms with Crippen molar-refractivity contribution in [1.82, 2.24) is 4.90 Å². The smallest absolute Gasteiger partial charge is 0.127 e. The van der Waals surface area contributed by atoms with E-state index in [1.807, 2.05) is 49.5 Å². The third-order valence-electron chi connectivity index (χ3n) is 5.22. The van der Waals surface area contributed by atoms with E-state index in [-0.39, 0.29) is 6.10 Å². The molecule has 5 nitrogen and oxygen atoms in total. The zero-order valence-corrected chi connectivity index (χ0v) is 16.8. The van der Waals surface area contributed by atoms with E-state index in [9.17, 15) is 0 Å². The highest BCUT2D eigenvalue weighted by Crippen LogP contribution is 2.31. The van der Waals surface area contributed by atoms with Gasteiger partial charge >= 0.3 is 0 Å². The van der Waals surface area contributed by atoms with E-state index in [1.54, 1.807) is 0 Å². The lowest BCUT2D eigenvalue weighted by Gasteiger charge is -2.32. The van der Waals surface area contributed by atoms with E-state index in [1.165, 1.54) is 5.39 Å². The van der Waals surface area contributed by atoms with Crippen LogP contribution in [0.15, 0.2) is 66.7 Å². The highest BCUT2D eigenvalue weighted by atomic mass is 16.5. The maximum atomic E-state index is 6.14. The summed E-state index contributed by atoms with van der Waals surface area (Å²) < 4.78 is 17.9. The molecule has 29 heavy (non-hydrogen) atoms. The minimum atomic E-state index is 0.0831. The van der Waals surface area contributed by atoms with E-state index in [0.29, 0.717) is 13.2 Å². The Hall–Kier alpha value is -2.76. The molecule has 0 saturated carbocycles. The van der Waals surface area contributed by atoms with E-state index < -0.39 is 0 Å². The summed E-state index contributed by atoms with van der Waals surface area (Å²) in [6.07, 6.45) is 0.0831. The normalized spacial score (nSPS) is 17.2. The molecule has 0 aliphatic carbocycles. The summed E-state index contributed by atoms with van der Waals surface area (Å²) in [7, 11) is 1.94. The van der Waals surface area contributed by atoms with Crippen molar-refractivity contribution >= 4 is 16.5 Å². The Morgan fingerprint density at radius 3 is 2.59 bits per heavy atom. The highest BCUT2D eigenvalue weighted by Gasteiger charge is 2.21. The predicted molar refractivity (Wildman–Crippen MR) is 117 cm³/mol. The van der Waals surface area contributed by atoms with Crippen LogP contribution >= 0.6 is 0 Å². The van der Waals surface area contributed by atoms with Crippen LogP contribution in [-0.4, -0.2) is 57.5 Å². The number of nitrogens with one attached hydrogen (secondary N) is 1. The SMILES string of the molecule is CNc1ccc(OCCN2CCOC(COc3ccccc3)C2)c2ccccc12. The van der Waals surface area contributed by atoms with Crippen LogP contribution in [0.3, 0.4) is 0 Å². The van der Waals surface area contributed by atoms with Gasteiger partial charge in [-0.3, -0.25) is 4.90 Å². The number of hydrogen-bond acceptors (Lipinski definition) is 5. The van der Waals surface area contributed by atoms with Crippen LogP contribution in [0.1, 0.15) is 0 Å². The third-order valence-corrected chi connectivity index (χ3v) is 5.22. The summed E-state index contributed by atoms with van der Waals surface area (Å²) in [5.74, 6) is 1.81. The second kappa shape index (κ2) is 9.63. The van der Waals surface area contributed by atoms with Gasteiger partial charge in [0.1, 0.15) is 30.8 Å². The van der Waals surface area contributed by atoms with Crippen molar-refractivity contribution in [3.8, 4) is 11.5 Å². The summed E-state index contributed by atoms with van der Waals surface area (Å²) in [5.41, 5.74) is 1.11. The summed E-state index contributed by atoms with van der Waals surface area (Å²) in [5, 5.41) is 5.56. The number of morpholine rings is 1. The Balaban J connectivity index is 1.29. The standard InChI is InChI=1S/C24H28N2O3/c1-25-23-11-12-24(22-10-6-5-9-21(22)23)28-16-14-26-13-15-27-20(17-26)18-29-19-7-3-2-4-8-19/h2-12,20,25H,13-18H2,1H3. The number of ether oxygens (including phenoxy) is 3. The Kier molecular flexibility index (Phi) is 6.49. The van der Waals surface area contributed by atoms with Gasteiger partial charge in [-0.05, 0) is 24.3 Å². The molecular weight excluding hydrogens is 364 g/mol. The van der Waals surface area contributed by atoms with Crippen molar-refractivity contribution in [3.05, 3.63) is 66.7 Å². The van der Waals surface area contributed by atoms with Crippen LogP contribution in [-0.2, 0) is 4.74 Å². The number of hydrogen-bond donors (Lipinski definition) is 1. The lowest BCUT2D eigenvalue weighted by Crippen LogP contribution is -2.46. The van der Waals surface area contributed by atoms with Gasteiger partial charge in [0.05, 0.1) is 6.61 Å². The zero-order valence-electron chi connectivity index (χ0n) is 16.8. The second-order valence-corrected chi connectivity index (χ2v) is 7.17. The molecule has 0 bridgehead atoms. The van der Waals surface area contributed by atoms with Gasteiger partial charge in [0.25, 0.3) is 0 Å². The van der Waals surface area contributed by atoms with Crippen LogP contribution in [0.5, 0.6) is 11.5 Å². The molecule has 0 aromatic heterocycles. The average Bonchev–Trinajstić information content (AvgIpc) is 2.79. The number of fused-ring (bicyclic) bond motifs is 1. The molecule has 1 unspecified atom stereocenters. The molecule has 5 heteroatoms. The molecule has 3 aromatic rings. The van der Waals surface area contributed by atoms with Crippen LogP contribution in [0.2, 0.25) is 0 Å². The topological polar surface area (TPSA) is 43.0 Å². The van der Waals surface area contributed by atoms with Gasteiger partial charge in [-0.1, -0.05) is 42.5 Å². The Morgan fingerprint density at radius 1 is 0.966 bits per heavy atom. The molecule has 0 radical (unpaired) electrons. The quantitative estimate of drug-likeness (QED) is 0.627. The van der Waals surface area contributed by atoms with Crippen molar-refractivity contribution in [2.24, 2.45) is 0 Å². The van der Waals surface area contributed by atoms with Gasteiger partial charge in [-0.25, -0.2) is 0 Å². The molecule has 1 heterocycles. The fourth-order valence-corrected chi connectivity index (χ4v) is 3.69. The van der Waals surface area contributed by atoms with Crippen LogP contribution in [0, 0.1) is 0 Å². The highest BCUT2D eigenvalue weighted by molar-refractivity contribution is 5.97. The molecule has 152 valence electrons. The lowest BCUT2D eigenvalue weighted by atomic mass is 10.1. The molecule has 1 N–H and O–H groups in total. The molecule has 1 aliphatic heterocycles. The molecular formula is C24H28N2O3. The summed E-state index contributed by atoms with van der Waals surface area (Å²) in [6.45, 7) is 4.59. The summed E-state index contributed by atoms with van der Waals surface area (Å²) in [4.78, 5) is 2.38. The molecule has 3 aromatic carbocycles. The van der Waals surface area contributed by atoms with Crippen molar-refractivity contribution in [1.29, 1.82) is 0 Å². The monoisotopic (exact) mass is 392 g/mol. The average molecular weight is 392 g/mol. The number of rotatable bonds is 8. The van der Waals surface area contributed by atoms with Gasteiger partial charge < -0.3 is 19.5 Å². The van der Waals surface area contributed by atoms with Crippen molar-refractivity contribution in [2.75, 3.05) is 51.8 Å². The number of anilines is 1. The molecule has 0 spiro atoms. The molecule has 1 aliphatic rings. The van der Waals surface area contributed by atoms with Crippen LogP contribution < -0.4 is 14.8 Å². The van der Waals surface area contributed by atoms with E-state index in [4.69, 9.17) is 14.2 Å². The van der Waals surface area contributed by atoms with Gasteiger partial charge in [0.2, 0.25) is 0 Å². The lowest BCUT2D eigenvalue weighted by molar-refractivity contribution is -0.0501. The number of nitrogens with zero attached hydrogens (tertiary/aromatic N) is 1. The van der Waals surface area contributed by atoms with E-state index in [0.717, 1.165) is 48.8 Å². The molecule has 1 saturated heterocycles. The first kappa shape index (κ1) is 19.6. The first-order valence-corrected chi connectivity index (χ1v) is 10.2. The minimum Gasteiger partial charge on any atom is -0.492 e. The third kappa shape index (κ3) is 5.00. The maximum Gasteiger partial charge on any atom is 0.127 e. The fourth-order valence-electron chi connectivity index (χ4n) is 3.69. The maximum absolute atomic E-state index is 6.14. The van der Waals surface area contributed by atoms with Crippen molar-refractivity contribution < 1.29 is 14.2 Å². The molecule has 4 rings (SSSR count). The van der Waals surface area contributed by atoms with E-state index >= 15 is 0 Å². The Labute approximate surface area is 172 Å². The predicted octanol–water partition coefficient (Wildman–Crippen LogP) is 4.04. The van der Waals surface area contributed by atoms with Crippen LogP contribution in [0.4, 0.5) is 5.69 Å². The Morgan fingerprint density at radius 2 is 1.76 bits per heavy atom. The second-order valence-electron chi connectivity index (χ2n) is 7.17. The van der Waals surface area contributed by atoms with Crippen LogP contribution in [0.25, 0.3) is 10.8 Å². The molecule has 0 amide bonds. The fraction of sp³-hybridized carbons (Fsp3) is 0.333. The molecule has 1 atom stereocenters. The first-order valence-electron chi connectivity index (χ1n) is 10.2. The van der Waals surface area contributed by atoms with Gasteiger partial charge in [0.15, 0.2) is 0 Å². The largest absolute Gasteiger partial charge is 0.492 e. The van der Waals surface area contributed by atoms with E-state index in [2.05, 4.69) is 34.5 Å². The molecule has 1 fully saturated rings. The van der Waals surface area contributed by atoms with Crippen molar-refractivity contribution in [3.63, 3.8) is 0 Å². The first-order chi connectivity index (χ1) is 14.3. The summed E-state index contributed by atoms with van der Waals surface area (Å²) >= 11 is 0. The number of para-hydroxylation sites is 1. The van der Waals surface area contributed by atoms with Gasteiger partial charge in [-0.15, -0.1) is 0 Å². The number of benzene rings is 3.